The van der Waals surface area contributed by atoms with Gasteiger partial charge >= 0.3 is 0 Å². The Kier molecular flexibility index (Phi) is 6.14. The number of nitrogens with one attached hydrogen (secondary N) is 1. The molecule has 0 aliphatic carbocycles. The molecule has 2 heterocycles. The first-order valence-corrected chi connectivity index (χ1v) is 12.4. The maximum atomic E-state index is 13.4. The third kappa shape index (κ3) is 4.97. The molecule has 0 aromatic heterocycles. The molecule has 1 amide bonds. The standard InChI is InChI=1S/C20H19ClFN3O4S2/c1-29-14-4-2-3-13(8-14)25(20-24-17-10-31(27,28)11-18(17)30-20)9-19(26)23-12-5-6-16(22)15(21)7-12/h2-8,17-18H,9-11H2,1H3,(H,23,26). The number of aliphatic imine (C=N–C) groups is 1. The van der Waals surface area contributed by atoms with Gasteiger partial charge < -0.3 is 15.0 Å². The summed E-state index contributed by atoms with van der Waals surface area (Å²) in [6.07, 6.45) is 0. The van der Waals surface area contributed by atoms with Crippen molar-refractivity contribution in [2.24, 2.45) is 4.99 Å². The Labute approximate surface area is 188 Å². The Balaban J connectivity index is 1.58. The Morgan fingerprint density at radius 1 is 1.32 bits per heavy atom. The summed E-state index contributed by atoms with van der Waals surface area (Å²) in [6, 6.07) is 10.8. The highest BCUT2D eigenvalue weighted by molar-refractivity contribution is 8.15. The molecule has 0 bridgehead atoms. The zero-order valence-corrected chi connectivity index (χ0v) is 18.8. The van der Waals surface area contributed by atoms with Gasteiger partial charge in [-0.3, -0.25) is 9.79 Å². The lowest BCUT2D eigenvalue weighted by Crippen LogP contribution is -2.36. The molecular weight excluding hydrogens is 465 g/mol. The van der Waals surface area contributed by atoms with Crippen LogP contribution in [0.4, 0.5) is 15.8 Å². The summed E-state index contributed by atoms with van der Waals surface area (Å²) in [5.74, 6) is -0.240. The van der Waals surface area contributed by atoms with E-state index < -0.39 is 15.7 Å². The van der Waals surface area contributed by atoms with Crippen molar-refractivity contribution in [1.29, 1.82) is 0 Å². The molecule has 2 atom stereocenters. The quantitative estimate of drug-likeness (QED) is 0.702. The number of hydrogen-bond acceptors (Lipinski definition) is 7. The third-order valence-electron chi connectivity index (χ3n) is 4.91. The lowest BCUT2D eigenvalue weighted by atomic mass is 10.2. The first kappa shape index (κ1) is 21.9. The molecule has 4 rings (SSSR count). The highest BCUT2D eigenvalue weighted by Crippen LogP contribution is 2.37. The molecule has 7 nitrogen and oxygen atoms in total. The van der Waals surface area contributed by atoms with Crippen LogP contribution in [-0.2, 0) is 14.6 Å². The molecule has 0 spiro atoms. The molecule has 0 radical (unpaired) electrons. The Hall–Kier alpha value is -2.30. The summed E-state index contributed by atoms with van der Waals surface area (Å²) >= 11 is 7.15. The molecule has 2 aliphatic heterocycles. The highest BCUT2D eigenvalue weighted by atomic mass is 35.5. The number of nitrogens with zero attached hydrogens (tertiary/aromatic N) is 2. The van der Waals surface area contributed by atoms with Crippen LogP contribution < -0.4 is 15.0 Å². The fourth-order valence-corrected chi connectivity index (χ4v) is 7.40. The number of rotatable bonds is 5. The minimum absolute atomic E-state index is 0.0143. The van der Waals surface area contributed by atoms with Gasteiger partial charge in [0.25, 0.3) is 0 Å². The fourth-order valence-electron chi connectivity index (χ4n) is 3.44. The SMILES string of the molecule is COc1cccc(N(CC(=O)Nc2ccc(F)c(Cl)c2)C2=NC3CS(=O)(=O)CC3S2)c1. The number of amides is 1. The van der Waals surface area contributed by atoms with Crippen LogP contribution in [0.1, 0.15) is 0 Å². The van der Waals surface area contributed by atoms with Crippen LogP contribution in [0.5, 0.6) is 5.75 Å². The number of fused-ring (bicyclic) bond motifs is 1. The zero-order chi connectivity index (χ0) is 22.2. The Morgan fingerprint density at radius 2 is 2.13 bits per heavy atom. The van der Waals surface area contributed by atoms with Gasteiger partial charge in [0.2, 0.25) is 5.91 Å². The van der Waals surface area contributed by atoms with E-state index in [1.807, 2.05) is 6.07 Å². The number of carbonyl (C=O) groups excluding carboxylic acids is 1. The van der Waals surface area contributed by atoms with Crippen molar-refractivity contribution < 1.29 is 22.3 Å². The molecule has 2 unspecified atom stereocenters. The summed E-state index contributed by atoms with van der Waals surface area (Å²) in [6.45, 7) is -0.0831. The molecular formula is C20H19ClFN3O4S2. The van der Waals surface area contributed by atoms with Crippen LogP contribution in [0.2, 0.25) is 5.02 Å². The van der Waals surface area contributed by atoms with E-state index in [2.05, 4.69) is 10.3 Å². The third-order valence-corrected chi connectivity index (χ3v) is 8.44. The number of methoxy groups -OCH3 is 1. The second kappa shape index (κ2) is 8.68. The number of benzene rings is 2. The van der Waals surface area contributed by atoms with E-state index >= 15 is 0 Å². The number of carbonyl (C=O) groups is 1. The van der Waals surface area contributed by atoms with E-state index in [1.165, 1.54) is 30.0 Å². The number of amidine groups is 1. The first-order chi connectivity index (χ1) is 14.7. The average Bonchev–Trinajstić information content (AvgIpc) is 3.22. The van der Waals surface area contributed by atoms with Gasteiger partial charge in [-0.15, -0.1) is 0 Å². The normalized spacial score (nSPS) is 21.3. The van der Waals surface area contributed by atoms with Crippen molar-refractivity contribution >= 4 is 55.6 Å². The first-order valence-electron chi connectivity index (χ1n) is 9.35. The second-order valence-corrected chi connectivity index (χ2v) is 10.9. The zero-order valence-electron chi connectivity index (χ0n) is 16.4. The number of anilines is 2. The predicted octanol–water partition coefficient (Wildman–Crippen LogP) is 3.20. The smallest absolute Gasteiger partial charge is 0.244 e. The number of ether oxygens (including phenoxy) is 1. The highest BCUT2D eigenvalue weighted by Gasteiger charge is 2.44. The maximum absolute atomic E-state index is 13.4. The molecule has 2 aromatic rings. The largest absolute Gasteiger partial charge is 0.497 e. The van der Waals surface area contributed by atoms with Crippen LogP contribution in [0.3, 0.4) is 0 Å². The summed E-state index contributed by atoms with van der Waals surface area (Å²) in [5.41, 5.74) is 1.05. The van der Waals surface area contributed by atoms with Crippen LogP contribution in [0.15, 0.2) is 47.5 Å². The van der Waals surface area contributed by atoms with Crippen molar-refractivity contribution in [1.82, 2.24) is 0 Å². The molecule has 1 fully saturated rings. The number of hydrogen-bond donors (Lipinski definition) is 1. The predicted molar refractivity (Wildman–Crippen MR) is 122 cm³/mol. The van der Waals surface area contributed by atoms with E-state index in [0.717, 1.165) is 0 Å². The van der Waals surface area contributed by atoms with E-state index in [0.29, 0.717) is 22.3 Å². The molecule has 0 saturated carbocycles. The van der Waals surface area contributed by atoms with Crippen LogP contribution >= 0.6 is 23.4 Å². The van der Waals surface area contributed by atoms with Gasteiger partial charge in [0.1, 0.15) is 18.1 Å². The van der Waals surface area contributed by atoms with Crippen molar-refractivity contribution in [3.63, 3.8) is 0 Å². The van der Waals surface area contributed by atoms with Crippen LogP contribution in [0.25, 0.3) is 0 Å². The summed E-state index contributed by atoms with van der Waals surface area (Å²) in [7, 11) is -1.54. The van der Waals surface area contributed by atoms with Crippen molar-refractivity contribution in [3.05, 3.63) is 53.3 Å². The van der Waals surface area contributed by atoms with Crippen molar-refractivity contribution in [2.45, 2.75) is 11.3 Å². The monoisotopic (exact) mass is 483 g/mol. The number of sulfone groups is 1. The number of thioether (sulfide) groups is 1. The van der Waals surface area contributed by atoms with Gasteiger partial charge in [0.15, 0.2) is 15.0 Å². The minimum atomic E-state index is -3.09. The van der Waals surface area contributed by atoms with Crippen molar-refractivity contribution in [2.75, 3.05) is 35.4 Å². The minimum Gasteiger partial charge on any atom is -0.497 e. The molecule has 164 valence electrons. The van der Waals surface area contributed by atoms with Gasteiger partial charge in [-0.2, -0.15) is 0 Å². The van der Waals surface area contributed by atoms with Gasteiger partial charge in [-0.05, 0) is 30.3 Å². The summed E-state index contributed by atoms with van der Waals surface area (Å²) < 4.78 is 42.5. The van der Waals surface area contributed by atoms with E-state index in [-0.39, 0.29) is 40.3 Å². The maximum Gasteiger partial charge on any atom is 0.244 e. The molecule has 1 saturated heterocycles. The van der Waals surface area contributed by atoms with Gasteiger partial charge in [0, 0.05) is 22.7 Å². The lowest BCUT2D eigenvalue weighted by Gasteiger charge is -2.24. The fraction of sp³-hybridized carbons (Fsp3) is 0.300. The summed E-state index contributed by atoms with van der Waals surface area (Å²) in [5, 5.41) is 3.03. The summed E-state index contributed by atoms with van der Waals surface area (Å²) in [4.78, 5) is 19.1. The Morgan fingerprint density at radius 3 is 2.84 bits per heavy atom. The van der Waals surface area contributed by atoms with Gasteiger partial charge in [0.05, 0.1) is 29.7 Å². The average molecular weight is 484 g/mol. The van der Waals surface area contributed by atoms with Gasteiger partial charge in [-0.1, -0.05) is 29.4 Å². The molecule has 11 heteroatoms. The molecule has 2 aromatic carbocycles. The van der Waals surface area contributed by atoms with E-state index in [1.54, 1.807) is 30.2 Å². The van der Waals surface area contributed by atoms with Crippen LogP contribution in [0, 0.1) is 5.82 Å². The molecule has 1 N–H and O–H groups in total. The lowest BCUT2D eigenvalue weighted by molar-refractivity contribution is -0.114. The number of halogens is 2. The Bertz CT molecular complexity index is 1160. The van der Waals surface area contributed by atoms with E-state index in [9.17, 15) is 17.6 Å². The van der Waals surface area contributed by atoms with Crippen LogP contribution in [-0.4, -0.2) is 55.9 Å². The van der Waals surface area contributed by atoms with Gasteiger partial charge in [-0.25, -0.2) is 12.8 Å². The molecule has 31 heavy (non-hydrogen) atoms. The second-order valence-electron chi connectivity index (χ2n) is 7.18. The topological polar surface area (TPSA) is 88.1 Å². The van der Waals surface area contributed by atoms with E-state index in [4.69, 9.17) is 16.3 Å². The molecule has 2 aliphatic rings. The van der Waals surface area contributed by atoms with Crippen molar-refractivity contribution in [3.8, 4) is 5.75 Å².